The van der Waals surface area contributed by atoms with Crippen LogP contribution in [0.1, 0.15) is 11.1 Å². The first-order valence-corrected chi connectivity index (χ1v) is 9.84. The summed E-state index contributed by atoms with van der Waals surface area (Å²) in [6.07, 6.45) is 1.91. The topological polar surface area (TPSA) is 20.3 Å². The second-order valence-corrected chi connectivity index (χ2v) is 8.02. The summed E-state index contributed by atoms with van der Waals surface area (Å²) in [5, 5.41) is 0. The number of nitrogens with zero attached hydrogens (tertiary/aromatic N) is 1. The molecule has 4 heteroatoms. The summed E-state index contributed by atoms with van der Waals surface area (Å²) in [5.41, 5.74) is 5.23. The number of thiocarbonyl (C=S) groups is 1. The van der Waals surface area contributed by atoms with Gasteiger partial charge in [-0.3, -0.25) is 9.69 Å². The van der Waals surface area contributed by atoms with Gasteiger partial charge in [0, 0.05) is 0 Å². The average Bonchev–Trinajstić information content (AvgIpc) is 2.96. The van der Waals surface area contributed by atoms with Crippen LogP contribution in [0.4, 0.5) is 5.69 Å². The number of anilines is 1. The molecule has 0 N–H and O–H groups in total. The number of carbonyl (C=O) groups is 1. The first kappa shape index (κ1) is 17.7. The van der Waals surface area contributed by atoms with Crippen molar-refractivity contribution < 1.29 is 4.79 Å². The van der Waals surface area contributed by atoms with Gasteiger partial charge in [-0.2, -0.15) is 0 Å². The van der Waals surface area contributed by atoms with Gasteiger partial charge in [-0.05, 0) is 47.4 Å². The quantitative estimate of drug-likeness (QED) is 0.402. The van der Waals surface area contributed by atoms with E-state index < -0.39 is 0 Å². The second-order valence-electron chi connectivity index (χ2n) is 6.34. The third kappa shape index (κ3) is 3.72. The summed E-state index contributed by atoms with van der Waals surface area (Å²) in [6.45, 7) is 2.01. The minimum absolute atomic E-state index is 0.0669. The molecule has 4 rings (SSSR count). The number of hydrogen-bond donors (Lipinski definition) is 0. The molecular weight excluding hydrogens is 370 g/mol. The molecule has 3 aromatic rings. The lowest BCUT2D eigenvalue weighted by molar-refractivity contribution is -0.113. The first-order valence-electron chi connectivity index (χ1n) is 8.62. The van der Waals surface area contributed by atoms with Crippen molar-refractivity contribution in [1.82, 2.24) is 0 Å². The highest BCUT2D eigenvalue weighted by molar-refractivity contribution is 8.27. The van der Waals surface area contributed by atoms with Gasteiger partial charge in [0.15, 0.2) is 4.32 Å². The number of thioether (sulfide) groups is 1. The molecule has 0 spiro atoms. The highest BCUT2D eigenvalue weighted by Gasteiger charge is 2.33. The average molecular weight is 388 g/mol. The van der Waals surface area contributed by atoms with Crippen LogP contribution >= 0.6 is 24.0 Å². The van der Waals surface area contributed by atoms with E-state index in [0.29, 0.717) is 9.23 Å². The van der Waals surface area contributed by atoms with E-state index in [9.17, 15) is 4.79 Å². The molecular formula is C23H17NOS2. The lowest BCUT2D eigenvalue weighted by Gasteiger charge is -2.14. The van der Waals surface area contributed by atoms with E-state index in [1.165, 1.54) is 17.3 Å². The molecule has 1 saturated heterocycles. The van der Waals surface area contributed by atoms with Crippen LogP contribution in [0.5, 0.6) is 0 Å². The Balaban J connectivity index is 1.59. The molecule has 3 aromatic carbocycles. The molecule has 1 aliphatic heterocycles. The summed E-state index contributed by atoms with van der Waals surface area (Å²) in [4.78, 5) is 15.1. The summed E-state index contributed by atoms with van der Waals surface area (Å²) >= 11 is 6.79. The minimum atomic E-state index is -0.0669. The van der Waals surface area contributed by atoms with Crippen LogP contribution in [0.25, 0.3) is 17.2 Å². The van der Waals surface area contributed by atoms with E-state index in [1.54, 1.807) is 4.90 Å². The third-order valence-corrected chi connectivity index (χ3v) is 5.67. The van der Waals surface area contributed by atoms with Crippen molar-refractivity contribution in [1.29, 1.82) is 0 Å². The van der Waals surface area contributed by atoms with Crippen molar-refractivity contribution in [3.05, 3.63) is 94.9 Å². The van der Waals surface area contributed by atoms with E-state index >= 15 is 0 Å². The molecule has 2 nitrogen and oxygen atoms in total. The molecule has 0 saturated carbocycles. The van der Waals surface area contributed by atoms with Crippen LogP contribution in [0.2, 0.25) is 0 Å². The van der Waals surface area contributed by atoms with Gasteiger partial charge < -0.3 is 0 Å². The highest BCUT2D eigenvalue weighted by atomic mass is 32.2. The van der Waals surface area contributed by atoms with Gasteiger partial charge in [0.2, 0.25) is 0 Å². The number of hydrogen-bond acceptors (Lipinski definition) is 3. The largest absolute Gasteiger partial charge is 0.270 e. The number of benzene rings is 3. The molecule has 0 aromatic heterocycles. The monoisotopic (exact) mass is 387 g/mol. The molecule has 1 amide bonds. The smallest absolute Gasteiger partial charge is 0.268 e. The Morgan fingerprint density at radius 2 is 1.59 bits per heavy atom. The Kier molecular flexibility index (Phi) is 4.92. The Morgan fingerprint density at radius 3 is 2.30 bits per heavy atom. The van der Waals surface area contributed by atoms with Crippen LogP contribution in [0.15, 0.2) is 83.8 Å². The van der Waals surface area contributed by atoms with Crippen LogP contribution in [-0.2, 0) is 4.79 Å². The molecule has 0 aliphatic carbocycles. The molecule has 27 heavy (non-hydrogen) atoms. The highest BCUT2D eigenvalue weighted by Crippen LogP contribution is 2.36. The van der Waals surface area contributed by atoms with Gasteiger partial charge in [-0.25, -0.2) is 0 Å². The van der Waals surface area contributed by atoms with Crippen molar-refractivity contribution in [2.24, 2.45) is 0 Å². The zero-order valence-electron chi connectivity index (χ0n) is 14.8. The normalized spacial score (nSPS) is 15.6. The Bertz CT molecular complexity index is 1040. The van der Waals surface area contributed by atoms with Crippen molar-refractivity contribution in [2.75, 3.05) is 4.90 Å². The molecule has 0 unspecified atom stereocenters. The second kappa shape index (κ2) is 7.51. The maximum absolute atomic E-state index is 12.9. The predicted octanol–water partition coefficient (Wildman–Crippen LogP) is 6.07. The van der Waals surface area contributed by atoms with Crippen LogP contribution in [0, 0.1) is 6.92 Å². The maximum atomic E-state index is 12.9. The van der Waals surface area contributed by atoms with Crippen LogP contribution < -0.4 is 4.90 Å². The van der Waals surface area contributed by atoms with Gasteiger partial charge in [0.1, 0.15) is 0 Å². The summed E-state index contributed by atoms with van der Waals surface area (Å²) in [7, 11) is 0. The molecule has 1 aliphatic rings. The van der Waals surface area contributed by atoms with Gasteiger partial charge in [0.05, 0.1) is 10.6 Å². The third-order valence-electron chi connectivity index (χ3n) is 4.37. The van der Waals surface area contributed by atoms with E-state index in [1.807, 2.05) is 67.6 Å². The van der Waals surface area contributed by atoms with Gasteiger partial charge in [-0.15, -0.1) is 0 Å². The summed E-state index contributed by atoms with van der Waals surface area (Å²) < 4.78 is 0.567. The van der Waals surface area contributed by atoms with Gasteiger partial charge in [0.25, 0.3) is 5.91 Å². The van der Waals surface area contributed by atoms with E-state index in [0.717, 1.165) is 22.4 Å². The van der Waals surface area contributed by atoms with Crippen molar-refractivity contribution in [3.63, 3.8) is 0 Å². The molecule has 0 radical (unpaired) electrons. The van der Waals surface area contributed by atoms with Crippen molar-refractivity contribution in [3.8, 4) is 11.1 Å². The lowest BCUT2D eigenvalue weighted by atomic mass is 10.0. The number of aryl methyl sites for hydroxylation is 1. The van der Waals surface area contributed by atoms with E-state index in [-0.39, 0.29) is 5.91 Å². The molecule has 132 valence electrons. The SMILES string of the molecule is Cc1cccc(N2C(=O)/C(=C/c3ccc(-c4ccccc4)cc3)SC2=S)c1. The number of amides is 1. The van der Waals surface area contributed by atoms with Gasteiger partial charge in [-0.1, -0.05) is 90.7 Å². The fourth-order valence-corrected chi connectivity index (χ4v) is 4.31. The number of carbonyl (C=O) groups excluding carboxylic acids is 1. The predicted molar refractivity (Wildman–Crippen MR) is 119 cm³/mol. The minimum Gasteiger partial charge on any atom is -0.268 e. The fourth-order valence-electron chi connectivity index (χ4n) is 3.01. The molecule has 1 fully saturated rings. The Hall–Kier alpha value is -2.69. The zero-order valence-corrected chi connectivity index (χ0v) is 16.4. The van der Waals surface area contributed by atoms with Gasteiger partial charge >= 0.3 is 0 Å². The zero-order chi connectivity index (χ0) is 18.8. The van der Waals surface area contributed by atoms with Crippen LogP contribution in [-0.4, -0.2) is 10.2 Å². The lowest BCUT2D eigenvalue weighted by Crippen LogP contribution is -2.27. The van der Waals surface area contributed by atoms with Crippen molar-refractivity contribution >= 4 is 46.0 Å². The molecule has 0 atom stereocenters. The first-order chi connectivity index (χ1) is 13.1. The maximum Gasteiger partial charge on any atom is 0.270 e. The standard InChI is InChI=1S/C23H17NOS2/c1-16-6-5-9-20(14-16)24-22(25)21(27-23(24)26)15-17-10-12-19(13-11-17)18-7-3-2-4-8-18/h2-15H,1H3/b21-15-. The Labute approximate surface area is 168 Å². The molecule has 1 heterocycles. The van der Waals surface area contributed by atoms with Crippen molar-refractivity contribution in [2.45, 2.75) is 6.92 Å². The number of rotatable bonds is 3. The van der Waals surface area contributed by atoms with Crippen LogP contribution in [0.3, 0.4) is 0 Å². The molecule has 0 bridgehead atoms. The summed E-state index contributed by atoms with van der Waals surface area (Å²) in [5.74, 6) is -0.0669. The summed E-state index contributed by atoms with van der Waals surface area (Å²) in [6, 6.07) is 26.3. The Morgan fingerprint density at radius 1 is 0.889 bits per heavy atom. The van der Waals surface area contributed by atoms with E-state index in [2.05, 4.69) is 24.3 Å². The fraction of sp³-hybridized carbons (Fsp3) is 0.0435. The van der Waals surface area contributed by atoms with E-state index in [4.69, 9.17) is 12.2 Å².